The van der Waals surface area contributed by atoms with E-state index in [2.05, 4.69) is 0 Å². The first-order valence-electron chi connectivity index (χ1n) is 9.66. The van der Waals surface area contributed by atoms with Gasteiger partial charge in [0, 0.05) is 16.5 Å². The highest BCUT2D eigenvalue weighted by Crippen LogP contribution is 2.45. The van der Waals surface area contributed by atoms with Gasteiger partial charge in [0.05, 0.1) is 18.2 Å². The van der Waals surface area contributed by atoms with Crippen LogP contribution in [0.1, 0.15) is 47.2 Å². The van der Waals surface area contributed by atoms with Crippen LogP contribution in [-0.2, 0) is 0 Å². The summed E-state index contributed by atoms with van der Waals surface area (Å²) in [6, 6.07) is 14.2. The predicted molar refractivity (Wildman–Crippen MR) is 111 cm³/mol. The van der Waals surface area contributed by atoms with Gasteiger partial charge >= 0.3 is 0 Å². The van der Waals surface area contributed by atoms with Gasteiger partial charge in [-0.15, -0.1) is 0 Å². The number of furan rings is 2. The van der Waals surface area contributed by atoms with Gasteiger partial charge in [0.2, 0.25) is 0 Å². The van der Waals surface area contributed by atoms with Gasteiger partial charge in [0.15, 0.2) is 0 Å². The van der Waals surface area contributed by atoms with Gasteiger partial charge in [-0.1, -0.05) is 11.6 Å². The molecule has 0 unspecified atom stereocenters. The molecule has 1 aliphatic carbocycles. The van der Waals surface area contributed by atoms with Crippen LogP contribution in [0.15, 0.2) is 80.6 Å². The van der Waals surface area contributed by atoms with Crippen molar-refractivity contribution in [2.75, 3.05) is 0 Å². The summed E-state index contributed by atoms with van der Waals surface area (Å²) in [4.78, 5) is 13.3. The number of hydrazone groups is 1. The van der Waals surface area contributed by atoms with E-state index in [0.29, 0.717) is 10.6 Å². The number of carbonyl (C=O) groups is 1. The van der Waals surface area contributed by atoms with Crippen LogP contribution >= 0.6 is 11.6 Å². The molecule has 146 valence electrons. The Bertz CT molecular complexity index is 1070. The normalized spacial score (nSPS) is 22.6. The van der Waals surface area contributed by atoms with Crippen molar-refractivity contribution in [2.24, 2.45) is 11.0 Å². The van der Waals surface area contributed by atoms with E-state index >= 15 is 0 Å². The predicted octanol–water partition coefficient (Wildman–Crippen LogP) is 5.96. The Morgan fingerprint density at radius 1 is 1.10 bits per heavy atom. The fourth-order valence-electron chi connectivity index (χ4n) is 4.18. The van der Waals surface area contributed by atoms with E-state index in [1.54, 1.807) is 41.8 Å². The van der Waals surface area contributed by atoms with Crippen LogP contribution < -0.4 is 0 Å². The molecule has 1 aromatic carbocycles. The summed E-state index contributed by atoms with van der Waals surface area (Å²) >= 11 is 5.99. The van der Waals surface area contributed by atoms with Crippen molar-refractivity contribution in [1.29, 1.82) is 0 Å². The van der Waals surface area contributed by atoms with Crippen LogP contribution in [0.25, 0.3) is 6.08 Å². The van der Waals surface area contributed by atoms with E-state index in [-0.39, 0.29) is 17.9 Å². The van der Waals surface area contributed by atoms with Gasteiger partial charge < -0.3 is 8.83 Å². The molecule has 0 N–H and O–H groups in total. The van der Waals surface area contributed by atoms with Crippen molar-refractivity contribution in [3.05, 3.63) is 88.7 Å². The van der Waals surface area contributed by atoms with Gasteiger partial charge in [-0.05, 0) is 79.4 Å². The van der Waals surface area contributed by atoms with Gasteiger partial charge in [-0.3, -0.25) is 4.79 Å². The first-order valence-corrected chi connectivity index (χ1v) is 10.0. The van der Waals surface area contributed by atoms with Gasteiger partial charge in [0.1, 0.15) is 17.6 Å². The third kappa shape index (κ3) is 3.32. The summed E-state index contributed by atoms with van der Waals surface area (Å²) in [7, 11) is 0. The number of halogens is 1. The van der Waals surface area contributed by atoms with Crippen molar-refractivity contribution < 1.29 is 13.6 Å². The number of benzene rings is 1. The number of rotatable bonds is 3. The van der Waals surface area contributed by atoms with Crippen LogP contribution in [0.5, 0.6) is 0 Å². The molecule has 29 heavy (non-hydrogen) atoms. The van der Waals surface area contributed by atoms with Crippen molar-refractivity contribution >= 4 is 29.3 Å². The molecular formula is C23H19ClN2O3. The second kappa shape index (κ2) is 7.41. The fraction of sp³-hybridized carbons (Fsp3) is 0.217. The topological polar surface area (TPSA) is 59.0 Å². The van der Waals surface area contributed by atoms with Crippen LogP contribution in [0.2, 0.25) is 5.02 Å². The first kappa shape index (κ1) is 18.0. The molecule has 0 bridgehead atoms. The molecule has 0 saturated heterocycles. The van der Waals surface area contributed by atoms with Crippen LogP contribution in [0.4, 0.5) is 0 Å². The van der Waals surface area contributed by atoms with E-state index in [1.807, 2.05) is 30.3 Å². The van der Waals surface area contributed by atoms with Crippen LogP contribution in [0.3, 0.4) is 0 Å². The monoisotopic (exact) mass is 406 g/mol. The Morgan fingerprint density at radius 2 is 1.90 bits per heavy atom. The molecule has 1 saturated carbocycles. The fourth-order valence-corrected chi connectivity index (χ4v) is 4.30. The number of hydrogen-bond acceptors (Lipinski definition) is 4. The van der Waals surface area contributed by atoms with Crippen LogP contribution in [0, 0.1) is 5.92 Å². The lowest BCUT2D eigenvalue weighted by Crippen LogP contribution is -2.31. The average Bonchev–Trinajstić information content (AvgIpc) is 3.48. The smallest absolute Gasteiger partial charge is 0.274 e. The van der Waals surface area contributed by atoms with E-state index in [4.69, 9.17) is 25.5 Å². The second-order valence-corrected chi connectivity index (χ2v) is 7.72. The molecule has 0 spiro atoms. The van der Waals surface area contributed by atoms with Gasteiger partial charge in [-0.25, -0.2) is 5.01 Å². The standard InChI is InChI=1S/C23H19ClN2O3/c24-17-10-8-15(9-11-17)23(27)26-22(20-7-3-13-29-20)19-6-1-4-16(21(19)25-26)14-18-5-2-12-28-18/h2-3,5,7-14,19,22H,1,4,6H2/b16-14+/t19-,22+/m0/s1. The second-order valence-electron chi connectivity index (χ2n) is 7.29. The minimum Gasteiger partial charge on any atom is -0.467 e. The summed E-state index contributed by atoms with van der Waals surface area (Å²) < 4.78 is 11.2. The van der Waals surface area contributed by atoms with Crippen molar-refractivity contribution in [1.82, 2.24) is 5.01 Å². The number of carbonyl (C=O) groups excluding carboxylic acids is 1. The molecule has 5 rings (SSSR count). The minimum atomic E-state index is -0.261. The molecular weight excluding hydrogens is 388 g/mol. The zero-order chi connectivity index (χ0) is 19.8. The Balaban J connectivity index is 1.56. The largest absolute Gasteiger partial charge is 0.467 e. The van der Waals surface area contributed by atoms with E-state index in [9.17, 15) is 4.79 Å². The Kier molecular flexibility index (Phi) is 4.60. The van der Waals surface area contributed by atoms with Gasteiger partial charge in [-0.2, -0.15) is 5.10 Å². The lowest BCUT2D eigenvalue weighted by molar-refractivity contribution is 0.0656. The molecule has 1 amide bonds. The summed E-state index contributed by atoms with van der Waals surface area (Å²) in [5.41, 5.74) is 2.60. The maximum absolute atomic E-state index is 13.3. The number of fused-ring (bicyclic) bond motifs is 1. The number of allylic oxidation sites excluding steroid dienone is 1. The third-order valence-electron chi connectivity index (χ3n) is 5.50. The molecule has 2 atom stereocenters. The maximum Gasteiger partial charge on any atom is 0.274 e. The van der Waals surface area contributed by atoms with Crippen LogP contribution in [-0.4, -0.2) is 16.6 Å². The SMILES string of the molecule is O=C(c1ccc(Cl)cc1)N1N=C2/C(=C/c3ccco3)CCC[C@@H]2[C@@H]1c1ccco1. The highest BCUT2D eigenvalue weighted by Gasteiger charge is 2.45. The van der Waals surface area contributed by atoms with E-state index in [0.717, 1.165) is 42.1 Å². The summed E-state index contributed by atoms with van der Waals surface area (Å²) in [6.07, 6.45) is 8.21. The molecule has 5 nitrogen and oxygen atoms in total. The Hall–Kier alpha value is -3.05. The van der Waals surface area contributed by atoms with Crippen molar-refractivity contribution in [3.8, 4) is 0 Å². The average molecular weight is 407 g/mol. The first-order chi connectivity index (χ1) is 14.2. The molecule has 0 radical (unpaired) electrons. The maximum atomic E-state index is 13.3. The molecule has 1 fully saturated rings. The number of hydrogen-bond donors (Lipinski definition) is 0. The van der Waals surface area contributed by atoms with E-state index < -0.39 is 0 Å². The summed E-state index contributed by atoms with van der Waals surface area (Å²) in [6.45, 7) is 0. The zero-order valence-corrected chi connectivity index (χ0v) is 16.4. The van der Waals surface area contributed by atoms with E-state index in [1.165, 1.54) is 0 Å². The highest BCUT2D eigenvalue weighted by atomic mass is 35.5. The Labute approximate surface area is 173 Å². The number of nitrogens with zero attached hydrogens (tertiary/aromatic N) is 2. The lowest BCUT2D eigenvalue weighted by atomic mass is 9.79. The summed E-state index contributed by atoms with van der Waals surface area (Å²) in [5, 5.41) is 6.97. The third-order valence-corrected chi connectivity index (χ3v) is 5.75. The zero-order valence-electron chi connectivity index (χ0n) is 15.6. The molecule has 2 aliphatic rings. The Morgan fingerprint density at radius 3 is 2.62 bits per heavy atom. The molecule has 1 aliphatic heterocycles. The van der Waals surface area contributed by atoms with Gasteiger partial charge in [0.25, 0.3) is 5.91 Å². The molecule has 6 heteroatoms. The highest BCUT2D eigenvalue weighted by molar-refractivity contribution is 6.30. The molecule has 2 aromatic heterocycles. The minimum absolute atomic E-state index is 0.0902. The lowest BCUT2D eigenvalue weighted by Gasteiger charge is -2.27. The number of amides is 1. The molecule has 3 aromatic rings. The summed E-state index contributed by atoms with van der Waals surface area (Å²) in [5.74, 6) is 1.46. The molecule has 3 heterocycles. The van der Waals surface area contributed by atoms with Crippen molar-refractivity contribution in [3.63, 3.8) is 0 Å². The van der Waals surface area contributed by atoms with Crippen molar-refractivity contribution in [2.45, 2.75) is 25.3 Å². The quantitative estimate of drug-likeness (QED) is 0.539.